The van der Waals surface area contributed by atoms with Crippen molar-refractivity contribution in [2.45, 2.75) is 37.8 Å². The third-order valence-corrected chi connectivity index (χ3v) is 5.99. The Kier molecular flexibility index (Phi) is 5.94. The first-order chi connectivity index (χ1) is 14.1. The minimum atomic E-state index is -0.200. The molecular weight excluding hydrogens is 372 g/mol. The Bertz CT molecular complexity index is 798. The lowest BCUT2D eigenvalue weighted by molar-refractivity contribution is -0.137. The molecule has 0 saturated carbocycles. The summed E-state index contributed by atoms with van der Waals surface area (Å²) in [5, 5.41) is 10.8. The van der Waals surface area contributed by atoms with E-state index in [-0.39, 0.29) is 23.8 Å². The van der Waals surface area contributed by atoms with Crippen LogP contribution in [-0.4, -0.2) is 75.6 Å². The molecule has 29 heavy (non-hydrogen) atoms. The van der Waals surface area contributed by atoms with Crippen LogP contribution >= 0.6 is 0 Å². The van der Waals surface area contributed by atoms with E-state index >= 15 is 0 Å². The average molecular weight is 400 g/mol. The summed E-state index contributed by atoms with van der Waals surface area (Å²) in [6.45, 7) is 2.98. The van der Waals surface area contributed by atoms with Crippen molar-refractivity contribution in [2.24, 2.45) is 5.92 Å². The zero-order valence-electron chi connectivity index (χ0n) is 16.7. The van der Waals surface area contributed by atoms with E-state index in [0.717, 1.165) is 51.9 Å². The van der Waals surface area contributed by atoms with Gasteiger partial charge >= 0.3 is 0 Å². The highest BCUT2D eigenvalue weighted by Crippen LogP contribution is 2.25. The fraction of sp³-hybridized carbons (Fsp3) is 0.600. The van der Waals surface area contributed by atoms with Crippen LogP contribution < -0.4 is 5.32 Å². The number of likely N-dealkylation sites (tertiary alicyclic amines) is 2. The van der Waals surface area contributed by atoms with Gasteiger partial charge in [0.25, 0.3) is 5.91 Å². The third kappa shape index (κ3) is 4.67. The number of likely N-dealkylation sites (N-methyl/N-ethyl adjacent to an activating group) is 1. The Morgan fingerprint density at radius 3 is 2.55 bits per heavy atom. The summed E-state index contributed by atoms with van der Waals surface area (Å²) in [4.78, 5) is 29.5. The normalized spacial score (nSPS) is 24.2. The van der Waals surface area contributed by atoms with Gasteiger partial charge < -0.3 is 24.1 Å². The molecule has 2 aromatic heterocycles. The van der Waals surface area contributed by atoms with Gasteiger partial charge in [-0.1, -0.05) is 0 Å². The molecule has 0 unspecified atom stereocenters. The predicted molar refractivity (Wildman–Crippen MR) is 105 cm³/mol. The van der Waals surface area contributed by atoms with E-state index < -0.39 is 0 Å². The van der Waals surface area contributed by atoms with Crippen molar-refractivity contribution in [1.82, 2.24) is 29.9 Å². The first-order valence-corrected chi connectivity index (χ1v) is 10.3. The van der Waals surface area contributed by atoms with Crippen molar-refractivity contribution >= 4 is 11.8 Å². The largest absolute Gasteiger partial charge is 0.459 e. The number of nitrogens with one attached hydrogen (secondary N) is 1. The fourth-order valence-electron chi connectivity index (χ4n) is 4.44. The number of hydrogen-bond acceptors (Lipinski definition) is 6. The molecule has 2 aromatic rings. The Morgan fingerprint density at radius 2 is 1.86 bits per heavy atom. The summed E-state index contributed by atoms with van der Waals surface area (Å²) in [6.07, 6.45) is 8.40. The Balaban J connectivity index is 1.30. The lowest BCUT2D eigenvalue weighted by atomic mass is 9.97. The maximum atomic E-state index is 13.1. The molecule has 2 aliphatic rings. The maximum Gasteiger partial charge on any atom is 0.287 e. The third-order valence-electron chi connectivity index (χ3n) is 5.99. The Hall–Kier alpha value is -2.68. The van der Waals surface area contributed by atoms with Crippen LogP contribution in [0.5, 0.6) is 0 Å². The number of aromatic nitrogens is 3. The second-order valence-electron chi connectivity index (χ2n) is 8.11. The van der Waals surface area contributed by atoms with Crippen LogP contribution in [0.2, 0.25) is 0 Å². The van der Waals surface area contributed by atoms with E-state index in [2.05, 4.69) is 20.4 Å². The molecule has 9 heteroatoms. The summed E-state index contributed by atoms with van der Waals surface area (Å²) in [6, 6.07) is 3.74. The summed E-state index contributed by atoms with van der Waals surface area (Å²) in [7, 11) is 2.01. The van der Waals surface area contributed by atoms with Crippen LogP contribution in [0, 0.1) is 5.92 Å². The molecule has 4 heterocycles. The average Bonchev–Trinajstić information content (AvgIpc) is 3.42. The minimum absolute atomic E-state index is 0.00915. The quantitative estimate of drug-likeness (QED) is 0.828. The first-order valence-electron chi connectivity index (χ1n) is 10.3. The van der Waals surface area contributed by atoms with E-state index in [0.29, 0.717) is 11.8 Å². The molecule has 9 nitrogen and oxygen atoms in total. The lowest BCUT2D eigenvalue weighted by Crippen LogP contribution is -2.44. The number of amides is 2. The van der Waals surface area contributed by atoms with Gasteiger partial charge in [0.2, 0.25) is 5.91 Å². The van der Waals surface area contributed by atoms with Crippen LogP contribution in [0.15, 0.2) is 35.5 Å². The van der Waals surface area contributed by atoms with E-state index in [9.17, 15) is 9.59 Å². The minimum Gasteiger partial charge on any atom is -0.459 e. The number of carbonyl (C=O) groups excluding carboxylic acids is 2. The summed E-state index contributed by atoms with van der Waals surface area (Å²) < 4.78 is 7.21. The van der Waals surface area contributed by atoms with Crippen LogP contribution in [0.3, 0.4) is 0 Å². The van der Waals surface area contributed by atoms with Crippen molar-refractivity contribution in [1.29, 1.82) is 0 Å². The standard InChI is InChI=1S/C20H28N6O3/c1-24-11-15(4-5-16(12-24)23-19(27)18-3-2-10-29-18)20(28)25-8-6-17(7-9-25)26-13-21-22-14-26/h2-3,10,13-17H,4-9,11-12H2,1H3,(H,23,27)/t15-,16+/m1/s1. The fourth-order valence-corrected chi connectivity index (χ4v) is 4.44. The van der Waals surface area contributed by atoms with E-state index in [1.165, 1.54) is 6.26 Å². The molecule has 2 saturated heterocycles. The van der Waals surface area contributed by atoms with Gasteiger partial charge in [0.15, 0.2) is 5.76 Å². The number of furan rings is 1. The molecule has 1 N–H and O–H groups in total. The number of carbonyl (C=O) groups is 2. The SMILES string of the molecule is CN1C[C@@H](NC(=O)c2ccco2)CC[C@@H](C(=O)N2CCC(n3cnnc3)CC2)C1. The van der Waals surface area contributed by atoms with Crippen LogP contribution in [0.1, 0.15) is 42.3 Å². The van der Waals surface area contributed by atoms with Crippen molar-refractivity contribution < 1.29 is 14.0 Å². The number of rotatable bonds is 4. The number of hydrogen-bond donors (Lipinski definition) is 1. The Morgan fingerprint density at radius 1 is 1.10 bits per heavy atom. The summed E-state index contributed by atoms with van der Waals surface area (Å²) >= 11 is 0. The molecule has 4 rings (SSSR count). The molecule has 0 radical (unpaired) electrons. The van der Waals surface area contributed by atoms with Gasteiger partial charge in [0, 0.05) is 38.3 Å². The van der Waals surface area contributed by atoms with Gasteiger partial charge in [-0.2, -0.15) is 0 Å². The predicted octanol–water partition coefficient (Wildman–Crippen LogP) is 1.17. The van der Waals surface area contributed by atoms with Crippen LogP contribution in [0.4, 0.5) is 0 Å². The topological polar surface area (TPSA) is 96.5 Å². The molecule has 2 aliphatic heterocycles. The van der Waals surface area contributed by atoms with Gasteiger partial charge in [-0.3, -0.25) is 9.59 Å². The molecule has 0 spiro atoms. The first kappa shape index (κ1) is 19.6. The highest BCUT2D eigenvalue weighted by molar-refractivity contribution is 5.91. The van der Waals surface area contributed by atoms with Gasteiger partial charge in [0.1, 0.15) is 12.7 Å². The highest BCUT2D eigenvalue weighted by atomic mass is 16.3. The van der Waals surface area contributed by atoms with Crippen molar-refractivity contribution in [3.63, 3.8) is 0 Å². The molecule has 0 aliphatic carbocycles. The molecule has 0 bridgehead atoms. The summed E-state index contributed by atoms with van der Waals surface area (Å²) in [5.74, 6) is 0.323. The van der Waals surface area contributed by atoms with Gasteiger partial charge in [-0.15, -0.1) is 10.2 Å². The lowest BCUT2D eigenvalue weighted by Gasteiger charge is -2.34. The molecule has 156 valence electrons. The highest BCUT2D eigenvalue weighted by Gasteiger charge is 2.32. The van der Waals surface area contributed by atoms with E-state index in [1.54, 1.807) is 24.8 Å². The number of piperidine rings is 1. The second-order valence-corrected chi connectivity index (χ2v) is 8.11. The van der Waals surface area contributed by atoms with Gasteiger partial charge in [0.05, 0.1) is 12.2 Å². The smallest absolute Gasteiger partial charge is 0.287 e. The molecular formula is C20H28N6O3. The van der Waals surface area contributed by atoms with Crippen LogP contribution in [-0.2, 0) is 4.79 Å². The van der Waals surface area contributed by atoms with Crippen LogP contribution in [0.25, 0.3) is 0 Å². The zero-order valence-corrected chi connectivity index (χ0v) is 16.7. The maximum absolute atomic E-state index is 13.1. The summed E-state index contributed by atoms with van der Waals surface area (Å²) in [5.41, 5.74) is 0. The molecule has 2 atom stereocenters. The van der Waals surface area contributed by atoms with Crippen molar-refractivity contribution in [2.75, 3.05) is 33.2 Å². The van der Waals surface area contributed by atoms with E-state index in [1.807, 2.05) is 16.5 Å². The Labute approximate surface area is 170 Å². The monoisotopic (exact) mass is 400 g/mol. The number of nitrogens with zero attached hydrogens (tertiary/aromatic N) is 5. The second kappa shape index (κ2) is 8.77. The molecule has 2 amide bonds. The molecule has 0 aromatic carbocycles. The van der Waals surface area contributed by atoms with Crippen molar-refractivity contribution in [3.8, 4) is 0 Å². The van der Waals surface area contributed by atoms with Gasteiger partial charge in [-0.05, 0) is 44.9 Å². The van der Waals surface area contributed by atoms with Crippen molar-refractivity contribution in [3.05, 3.63) is 36.8 Å². The zero-order chi connectivity index (χ0) is 20.2. The van der Waals surface area contributed by atoms with Gasteiger partial charge in [-0.25, -0.2) is 0 Å². The van der Waals surface area contributed by atoms with E-state index in [4.69, 9.17) is 4.42 Å². The molecule has 2 fully saturated rings.